The Balaban J connectivity index is 1.54. The van der Waals surface area contributed by atoms with Crippen molar-refractivity contribution in [1.82, 2.24) is 20.1 Å². The van der Waals surface area contributed by atoms with E-state index in [9.17, 15) is 4.79 Å². The summed E-state index contributed by atoms with van der Waals surface area (Å²) in [5.74, 6) is -0.0946. The zero-order chi connectivity index (χ0) is 15.4. The maximum atomic E-state index is 12.1. The van der Waals surface area contributed by atoms with Crippen LogP contribution in [0.4, 0.5) is 0 Å². The molecule has 2 aromatic rings. The van der Waals surface area contributed by atoms with Gasteiger partial charge in [0.2, 0.25) is 0 Å². The fraction of sp³-hybridized carbons (Fsp3) is 0.438. The maximum absolute atomic E-state index is 12.1. The first-order valence-electron chi connectivity index (χ1n) is 7.63. The van der Waals surface area contributed by atoms with Gasteiger partial charge >= 0.3 is 0 Å². The number of amides is 1. The summed E-state index contributed by atoms with van der Waals surface area (Å²) in [5.41, 5.74) is 2.90. The van der Waals surface area contributed by atoms with Gasteiger partial charge in [-0.15, -0.1) is 11.3 Å². The lowest BCUT2D eigenvalue weighted by molar-refractivity contribution is 0.0950. The molecular formula is C16H20N4OS. The van der Waals surface area contributed by atoms with E-state index < -0.39 is 0 Å². The largest absolute Gasteiger partial charge is 0.350 e. The van der Waals surface area contributed by atoms with Crippen molar-refractivity contribution in [1.29, 1.82) is 0 Å². The molecule has 1 aliphatic carbocycles. The number of nitrogens with zero attached hydrogens (tertiary/aromatic N) is 3. The minimum atomic E-state index is -0.0946. The van der Waals surface area contributed by atoms with Gasteiger partial charge in [0, 0.05) is 30.7 Å². The first-order chi connectivity index (χ1) is 10.7. The smallest absolute Gasteiger partial charge is 0.270 e. The van der Waals surface area contributed by atoms with E-state index in [2.05, 4.69) is 21.5 Å². The Hall–Kier alpha value is -1.95. The fourth-order valence-corrected chi connectivity index (χ4v) is 3.38. The number of hydrogen-bond acceptors (Lipinski definition) is 4. The lowest BCUT2D eigenvalue weighted by Gasteiger charge is -2.12. The quantitative estimate of drug-likeness (QED) is 0.862. The van der Waals surface area contributed by atoms with E-state index in [1.165, 1.54) is 42.6 Å². The summed E-state index contributed by atoms with van der Waals surface area (Å²) in [7, 11) is 1.87. The van der Waals surface area contributed by atoms with Crippen LogP contribution in [0.25, 0.3) is 10.6 Å². The van der Waals surface area contributed by atoms with Crippen LogP contribution in [0.5, 0.6) is 0 Å². The highest BCUT2D eigenvalue weighted by atomic mass is 32.1. The van der Waals surface area contributed by atoms with Gasteiger partial charge in [0.1, 0.15) is 10.7 Å². The minimum Gasteiger partial charge on any atom is -0.350 e. The summed E-state index contributed by atoms with van der Waals surface area (Å²) in [6, 6.07) is 0. The van der Waals surface area contributed by atoms with Gasteiger partial charge in [0.05, 0.1) is 6.20 Å². The Bertz CT molecular complexity index is 686. The second kappa shape index (κ2) is 6.87. The number of allylic oxidation sites excluding steroid dienone is 1. The third kappa shape index (κ3) is 3.62. The van der Waals surface area contributed by atoms with Crippen molar-refractivity contribution in [3.8, 4) is 10.6 Å². The Morgan fingerprint density at radius 1 is 1.45 bits per heavy atom. The molecular weight excluding hydrogens is 296 g/mol. The zero-order valence-corrected chi connectivity index (χ0v) is 13.5. The zero-order valence-electron chi connectivity index (χ0n) is 12.7. The van der Waals surface area contributed by atoms with Gasteiger partial charge in [0.25, 0.3) is 5.91 Å². The van der Waals surface area contributed by atoms with Gasteiger partial charge < -0.3 is 5.32 Å². The van der Waals surface area contributed by atoms with Gasteiger partial charge in [0.15, 0.2) is 0 Å². The van der Waals surface area contributed by atoms with Crippen molar-refractivity contribution in [3.05, 3.63) is 35.1 Å². The molecule has 116 valence electrons. The van der Waals surface area contributed by atoms with E-state index >= 15 is 0 Å². The number of aromatic nitrogens is 3. The summed E-state index contributed by atoms with van der Waals surface area (Å²) in [4.78, 5) is 16.5. The number of aryl methyl sites for hydroxylation is 1. The standard InChI is InChI=1S/C16H20N4OS/c1-20-10-13(9-18-20)16-19-14(11-22-16)15(21)17-8-7-12-5-3-2-4-6-12/h5,9-11H,2-4,6-8H2,1H3,(H,17,21). The molecule has 0 radical (unpaired) electrons. The molecule has 0 aliphatic heterocycles. The van der Waals surface area contributed by atoms with Crippen LogP contribution in [0.1, 0.15) is 42.6 Å². The van der Waals surface area contributed by atoms with E-state index in [1.807, 2.05) is 13.2 Å². The molecule has 0 bridgehead atoms. The Morgan fingerprint density at radius 2 is 2.36 bits per heavy atom. The van der Waals surface area contributed by atoms with Gasteiger partial charge in [-0.1, -0.05) is 11.6 Å². The molecule has 1 amide bonds. The molecule has 3 rings (SSSR count). The highest BCUT2D eigenvalue weighted by molar-refractivity contribution is 7.13. The van der Waals surface area contributed by atoms with E-state index in [0.29, 0.717) is 12.2 Å². The third-order valence-corrected chi connectivity index (χ3v) is 4.70. The van der Waals surface area contributed by atoms with Crippen LogP contribution in [0.15, 0.2) is 29.4 Å². The van der Waals surface area contributed by atoms with Crippen molar-refractivity contribution < 1.29 is 4.79 Å². The molecule has 1 N–H and O–H groups in total. The Kier molecular flexibility index (Phi) is 4.68. The number of hydrogen-bond donors (Lipinski definition) is 1. The van der Waals surface area contributed by atoms with Gasteiger partial charge in [-0.2, -0.15) is 5.10 Å². The summed E-state index contributed by atoms with van der Waals surface area (Å²) in [5, 5.41) is 9.72. The van der Waals surface area contributed by atoms with Crippen LogP contribution in [-0.4, -0.2) is 27.2 Å². The van der Waals surface area contributed by atoms with Gasteiger partial charge in [-0.3, -0.25) is 9.48 Å². The number of carbonyl (C=O) groups excluding carboxylic acids is 1. The Labute approximate surface area is 134 Å². The molecule has 0 saturated heterocycles. The first-order valence-corrected chi connectivity index (χ1v) is 8.51. The molecule has 0 unspecified atom stereocenters. The number of rotatable bonds is 5. The topological polar surface area (TPSA) is 59.8 Å². The number of carbonyl (C=O) groups is 1. The van der Waals surface area contributed by atoms with E-state index in [4.69, 9.17) is 0 Å². The first kappa shape index (κ1) is 15.0. The van der Waals surface area contributed by atoms with Crippen molar-refractivity contribution in [2.24, 2.45) is 7.05 Å². The Morgan fingerprint density at radius 3 is 3.09 bits per heavy atom. The van der Waals surface area contributed by atoms with E-state index in [1.54, 1.807) is 16.3 Å². The molecule has 22 heavy (non-hydrogen) atoms. The molecule has 5 nitrogen and oxygen atoms in total. The normalized spacial score (nSPS) is 14.7. The maximum Gasteiger partial charge on any atom is 0.270 e. The summed E-state index contributed by atoms with van der Waals surface area (Å²) in [6.07, 6.45) is 11.9. The SMILES string of the molecule is Cn1cc(-c2nc(C(=O)NCCC3=CCCCC3)cs2)cn1. The second-order valence-corrected chi connectivity index (χ2v) is 6.41. The average Bonchev–Trinajstić information content (AvgIpc) is 3.17. The summed E-state index contributed by atoms with van der Waals surface area (Å²) < 4.78 is 1.73. The van der Waals surface area contributed by atoms with Gasteiger partial charge in [-0.25, -0.2) is 4.98 Å². The molecule has 0 atom stereocenters. The van der Waals surface area contributed by atoms with Crippen molar-refractivity contribution >= 4 is 17.2 Å². The number of nitrogens with one attached hydrogen (secondary N) is 1. The van der Waals surface area contributed by atoms with Crippen LogP contribution in [-0.2, 0) is 7.05 Å². The third-order valence-electron chi connectivity index (χ3n) is 3.81. The lowest BCUT2D eigenvalue weighted by Crippen LogP contribution is -2.25. The van der Waals surface area contributed by atoms with Crippen LogP contribution < -0.4 is 5.32 Å². The monoisotopic (exact) mass is 316 g/mol. The minimum absolute atomic E-state index is 0.0946. The van der Waals surface area contributed by atoms with Crippen LogP contribution in [0.2, 0.25) is 0 Å². The van der Waals surface area contributed by atoms with Crippen molar-refractivity contribution in [2.75, 3.05) is 6.54 Å². The van der Waals surface area contributed by atoms with Crippen molar-refractivity contribution in [2.45, 2.75) is 32.1 Å². The molecule has 0 spiro atoms. The van der Waals surface area contributed by atoms with E-state index in [-0.39, 0.29) is 5.91 Å². The molecule has 2 aromatic heterocycles. The molecule has 6 heteroatoms. The van der Waals surface area contributed by atoms with Crippen LogP contribution >= 0.6 is 11.3 Å². The van der Waals surface area contributed by atoms with E-state index in [0.717, 1.165) is 17.0 Å². The highest BCUT2D eigenvalue weighted by Crippen LogP contribution is 2.23. The molecule has 2 heterocycles. The second-order valence-electron chi connectivity index (χ2n) is 5.55. The molecule has 0 saturated carbocycles. The predicted octanol–water partition coefficient (Wildman–Crippen LogP) is 3.16. The van der Waals surface area contributed by atoms with Crippen LogP contribution in [0, 0.1) is 0 Å². The van der Waals surface area contributed by atoms with Crippen molar-refractivity contribution in [3.63, 3.8) is 0 Å². The molecule has 0 aromatic carbocycles. The average molecular weight is 316 g/mol. The molecule has 0 fully saturated rings. The highest BCUT2D eigenvalue weighted by Gasteiger charge is 2.12. The van der Waals surface area contributed by atoms with Crippen LogP contribution in [0.3, 0.4) is 0 Å². The summed E-state index contributed by atoms with van der Waals surface area (Å²) in [6.45, 7) is 0.685. The summed E-state index contributed by atoms with van der Waals surface area (Å²) >= 11 is 1.47. The van der Waals surface area contributed by atoms with Gasteiger partial charge in [-0.05, 0) is 32.1 Å². The number of thiazole rings is 1. The lowest BCUT2D eigenvalue weighted by atomic mass is 9.97. The predicted molar refractivity (Wildman–Crippen MR) is 87.8 cm³/mol. The molecule has 1 aliphatic rings. The fourth-order valence-electron chi connectivity index (χ4n) is 2.60.